The van der Waals surface area contributed by atoms with Gasteiger partial charge in [-0.1, -0.05) is 12.1 Å². The number of aromatic nitrogens is 4. The van der Waals surface area contributed by atoms with Crippen molar-refractivity contribution < 1.29 is 8.78 Å². The van der Waals surface area contributed by atoms with Crippen LogP contribution in [-0.4, -0.2) is 50.8 Å². The molecule has 1 saturated heterocycles. The molecule has 1 aliphatic heterocycles. The third kappa shape index (κ3) is 4.78. The average Bonchev–Trinajstić information content (AvgIpc) is 3.20. The van der Waals surface area contributed by atoms with E-state index in [9.17, 15) is 8.78 Å². The minimum atomic E-state index is -0.300. The van der Waals surface area contributed by atoms with Gasteiger partial charge in [-0.15, -0.1) is 12.4 Å². The summed E-state index contributed by atoms with van der Waals surface area (Å²) in [5.74, 6) is 0.150. The summed E-state index contributed by atoms with van der Waals surface area (Å²) in [5, 5.41) is 4.50. The first-order valence-corrected chi connectivity index (χ1v) is 10.9. The Kier molecular flexibility index (Phi) is 7.19. The summed E-state index contributed by atoms with van der Waals surface area (Å²) >= 11 is 0. The molecule has 0 aliphatic carbocycles. The monoisotopic (exact) mass is 482 g/mol. The predicted molar refractivity (Wildman–Crippen MR) is 130 cm³/mol. The number of rotatable bonds is 5. The van der Waals surface area contributed by atoms with E-state index >= 15 is 0 Å². The van der Waals surface area contributed by atoms with Gasteiger partial charge in [-0.25, -0.2) is 18.4 Å². The Morgan fingerprint density at radius 1 is 0.882 bits per heavy atom. The third-order valence-corrected chi connectivity index (χ3v) is 6.06. The molecule has 3 heterocycles. The van der Waals surface area contributed by atoms with Gasteiger partial charge in [-0.05, 0) is 43.3 Å². The summed E-state index contributed by atoms with van der Waals surface area (Å²) in [4.78, 5) is 13.5. The SMILES string of the molecule is Cc1c(CN2CCN(c3nccnc3-c3ccccc3F)CC2)cnn1-c1ccc(F)cc1.Cl. The van der Waals surface area contributed by atoms with Crippen molar-refractivity contribution in [1.82, 2.24) is 24.6 Å². The van der Waals surface area contributed by atoms with Crippen LogP contribution < -0.4 is 4.90 Å². The second kappa shape index (κ2) is 10.3. The molecule has 0 spiro atoms. The molecule has 34 heavy (non-hydrogen) atoms. The minimum Gasteiger partial charge on any atom is -0.352 e. The third-order valence-electron chi connectivity index (χ3n) is 6.06. The van der Waals surface area contributed by atoms with Crippen molar-refractivity contribution in [1.29, 1.82) is 0 Å². The molecule has 5 rings (SSSR count). The van der Waals surface area contributed by atoms with E-state index in [2.05, 4.69) is 24.9 Å². The van der Waals surface area contributed by atoms with E-state index in [4.69, 9.17) is 0 Å². The van der Waals surface area contributed by atoms with Crippen molar-refractivity contribution in [2.75, 3.05) is 31.1 Å². The van der Waals surface area contributed by atoms with Gasteiger partial charge >= 0.3 is 0 Å². The summed E-state index contributed by atoms with van der Waals surface area (Å²) in [7, 11) is 0. The van der Waals surface area contributed by atoms with Crippen LogP contribution >= 0.6 is 12.4 Å². The molecule has 2 aromatic carbocycles. The first-order chi connectivity index (χ1) is 16.1. The topological polar surface area (TPSA) is 50.1 Å². The lowest BCUT2D eigenvalue weighted by Crippen LogP contribution is -2.46. The number of nitrogens with zero attached hydrogens (tertiary/aromatic N) is 6. The van der Waals surface area contributed by atoms with Crippen molar-refractivity contribution in [3.8, 4) is 16.9 Å². The van der Waals surface area contributed by atoms with Gasteiger partial charge in [0.25, 0.3) is 0 Å². The first-order valence-electron chi connectivity index (χ1n) is 10.9. The number of anilines is 1. The average molecular weight is 483 g/mol. The van der Waals surface area contributed by atoms with Gasteiger partial charge in [-0.2, -0.15) is 5.10 Å². The molecule has 1 aliphatic rings. The number of benzene rings is 2. The molecule has 4 aromatic rings. The van der Waals surface area contributed by atoms with Gasteiger partial charge in [0.05, 0.1) is 11.9 Å². The molecule has 0 N–H and O–H groups in total. The Bertz CT molecular complexity index is 1250. The molecule has 6 nitrogen and oxygen atoms in total. The molecule has 0 atom stereocenters. The first kappa shape index (κ1) is 23.8. The normalized spacial score (nSPS) is 14.1. The lowest BCUT2D eigenvalue weighted by molar-refractivity contribution is 0.249. The Hall–Kier alpha value is -3.36. The number of hydrogen-bond donors (Lipinski definition) is 0. The molecule has 0 bridgehead atoms. The molecule has 9 heteroatoms. The van der Waals surface area contributed by atoms with Crippen LogP contribution in [0.1, 0.15) is 11.3 Å². The van der Waals surface area contributed by atoms with Crippen molar-refractivity contribution in [3.63, 3.8) is 0 Å². The van der Waals surface area contributed by atoms with Gasteiger partial charge in [0.15, 0.2) is 5.82 Å². The molecule has 1 fully saturated rings. The fourth-order valence-electron chi connectivity index (χ4n) is 4.21. The van der Waals surface area contributed by atoms with Crippen LogP contribution in [0.15, 0.2) is 67.1 Å². The van der Waals surface area contributed by atoms with Crippen LogP contribution in [0.3, 0.4) is 0 Å². The van der Waals surface area contributed by atoms with Crippen LogP contribution in [0.2, 0.25) is 0 Å². The molecule has 0 unspecified atom stereocenters. The Labute approximate surface area is 203 Å². The fraction of sp³-hybridized carbons (Fsp3) is 0.240. The predicted octanol–water partition coefficient (Wildman–Crippen LogP) is 4.66. The number of hydrogen-bond acceptors (Lipinski definition) is 5. The smallest absolute Gasteiger partial charge is 0.155 e. The van der Waals surface area contributed by atoms with E-state index in [1.807, 2.05) is 23.9 Å². The van der Waals surface area contributed by atoms with E-state index in [0.717, 1.165) is 49.7 Å². The Morgan fingerprint density at radius 3 is 2.32 bits per heavy atom. The molecular formula is C25H25ClF2N6. The van der Waals surface area contributed by atoms with E-state index in [1.165, 1.54) is 18.2 Å². The Balaban J connectivity index is 0.00000274. The maximum atomic E-state index is 14.4. The zero-order valence-corrected chi connectivity index (χ0v) is 19.6. The Morgan fingerprint density at radius 2 is 1.59 bits per heavy atom. The summed E-state index contributed by atoms with van der Waals surface area (Å²) in [6.45, 7) is 6.03. The zero-order valence-electron chi connectivity index (χ0n) is 18.7. The summed E-state index contributed by atoms with van der Waals surface area (Å²) in [6, 6.07) is 13.0. The molecule has 0 amide bonds. The summed E-state index contributed by atoms with van der Waals surface area (Å²) in [5.41, 5.74) is 4.06. The highest BCUT2D eigenvalue weighted by Crippen LogP contribution is 2.29. The van der Waals surface area contributed by atoms with Crippen LogP contribution in [-0.2, 0) is 6.54 Å². The van der Waals surface area contributed by atoms with Gasteiger partial charge in [-0.3, -0.25) is 9.88 Å². The van der Waals surface area contributed by atoms with Gasteiger partial charge in [0.2, 0.25) is 0 Å². The highest BCUT2D eigenvalue weighted by Gasteiger charge is 2.23. The maximum absolute atomic E-state index is 14.4. The fourth-order valence-corrected chi connectivity index (χ4v) is 4.21. The molecule has 176 valence electrons. The van der Waals surface area contributed by atoms with Gasteiger partial charge < -0.3 is 4.90 Å². The highest BCUT2D eigenvalue weighted by atomic mass is 35.5. The van der Waals surface area contributed by atoms with Gasteiger partial charge in [0.1, 0.15) is 17.3 Å². The van der Waals surface area contributed by atoms with Crippen LogP contribution in [0.25, 0.3) is 16.9 Å². The standard InChI is InChI=1S/C25H24F2N6.ClH/c1-18-19(16-30-33(18)21-8-6-20(26)7-9-21)17-31-12-14-32(15-13-31)25-24(28-10-11-29-25)22-4-2-3-5-23(22)27;/h2-11,16H,12-15,17H2,1H3;1H. The lowest BCUT2D eigenvalue weighted by Gasteiger charge is -2.35. The number of piperazine rings is 1. The van der Waals surface area contributed by atoms with Crippen LogP contribution in [0, 0.1) is 18.6 Å². The highest BCUT2D eigenvalue weighted by molar-refractivity contribution is 5.85. The molecule has 2 aromatic heterocycles. The lowest BCUT2D eigenvalue weighted by atomic mass is 10.1. The largest absolute Gasteiger partial charge is 0.352 e. The van der Waals surface area contributed by atoms with E-state index in [-0.39, 0.29) is 24.0 Å². The minimum absolute atomic E-state index is 0. The van der Waals surface area contributed by atoms with Gasteiger partial charge in [0, 0.05) is 61.9 Å². The second-order valence-electron chi connectivity index (χ2n) is 8.12. The van der Waals surface area contributed by atoms with E-state index in [0.29, 0.717) is 17.1 Å². The molecule has 0 radical (unpaired) electrons. The summed E-state index contributed by atoms with van der Waals surface area (Å²) < 4.78 is 29.5. The van der Waals surface area contributed by atoms with Crippen molar-refractivity contribution in [2.24, 2.45) is 0 Å². The molecular weight excluding hydrogens is 458 g/mol. The summed E-state index contributed by atoms with van der Waals surface area (Å²) in [6.07, 6.45) is 5.13. The van der Waals surface area contributed by atoms with Crippen molar-refractivity contribution >= 4 is 18.2 Å². The second-order valence-corrected chi connectivity index (χ2v) is 8.12. The molecule has 0 saturated carbocycles. The maximum Gasteiger partial charge on any atom is 0.155 e. The van der Waals surface area contributed by atoms with E-state index < -0.39 is 0 Å². The zero-order chi connectivity index (χ0) is 22.8. The van der Waals surface area contributed by atoms with Crippen molar-refractivity contribution in [2.45, 2.75) is 13.5 Å². The number of halogens is 3. The quantitative estimate of drug-likeness (QED) is 0.414. The van der Waals surface area contributed by atoms with Crippen LogP contribution in [0.5, 0.6) is 0 Å². The van der Waals surface area contributed by atoms with Crippen molar-refractivity contribution in [3.05, 3.63) is 90.0 Å². The van der Waals surface area contributed by atoms with Crippen LogP contribution in [0.4, 0.5) is 14.6 Å². The van der Waals surface area contributed by atoms with E-state index in [1.54, 1.807) is 36.7 Å².